The van der Waals surface area contributed by atoms with Crippen molar-refractivity contribution in [1.82, 2.24) is 5.32 Å². The van der Waals surface area contributed by atoms with Gasteiger partial charge in [-0.05, 0) is 20.3 Å². The number of hydrogen-bond acceptors (Lipinski definition) is 5. The van der Waals surface area contributed by atoms with Crippen LogP contribution in [0.2, 0.25) is 0 Å². The summed E-state index contributed by atoms with van der Waals surface area (Å²) in [6.45, 7) is 3.00. The van der Waals surface area contributed by atoms with Crippen LogP contribution in [0, 0.1) is 0 Å². The molecule has 2 aliphatic heterocycles. The molecule has 0 radical (unpaired) electrons. The predicted octanol–water partition coefficient (Wildman–Crippen LogP) is 0.857. The van der Waals surface area contributed by atoms with Crippen molar-refractivity contribution >= 4 is 16.9 Å². The van der Waals surface area contributed by atoms with Crippen LogP contribution >= 0.6 is 11.8 Å². The topological polar surface area (TPSA) is 74.1 Å². The Morgan fingerprint density at radius 2 is 2.15 bits per heavy atom. The molecule has 5 nitrogen and oxygen atoms in total. The van der Waals surface area contributed by atoms with Gasteiger partial charge in [0, 0.05) is 6.54 Å². The molecule has 2 heterocycles. The van der Waals surface area contributed by atoms with Gasteiger partial charge in [-0.1, -0.05) is 11.8 Å². The second kappa shape index (κ2) is 5.36. The van der Waals surface area contributed by atoms with E-state index in [0.29, 0.717) is 18.6 Å². The summed E-state index contributed by atoms with van der Waals surface area (Å²) in [4.78, 5) is 4.13. The number of amidine groups is 1. The Balaban J connectivity index is 2.14. The highest BCUT2D eigenvalue weighted by molar-refractivity contribution is 8.14. The quantitative estimate of drug-likeness (QED) is 0.705. The zero-order chi connectivity index (χ0) is 15.1. The molecule has 2 rings (SSSR count). The van der Waals surface area contributed by atoms with Gasteiger partial charge in [0.1, 0.15) is 11.5 Å². The first-order valence-corrected chi connectivity index (χ1v) is 7.15. The first-order chi connectivity index (χ1) is 9.16. The van der Waals surface area contributed by atoms with E-state index in [-0.39, 0.29) is 12.5 Å². The third-order valence-corrected chi connectivity index (χ3v) is 4.56. The molecule has 9 heteroatoms. The van der Waals surface area contributed by atoms with Crippen molar-refractivity contribution in [1.29, 1.82) is 0 Å². The van der Waals surface area contributed by atoms with Gasteiger partial charge in [-0.3, -0.25) is 4.99 Å². The fourth-order valence-corrected chi connectivity index (χ4v) is 3.42. The maximum atomic E-state index is 12.8. The Hall–Kier alpha value is -0.510. The molecule has 2 aliphatic rings. The van der Waals surface area contributed by atoms with E-state index in [2.05, 4.69) is 10.3 Å². The van der Waals surface area contributed by atoms with Gasteiger partial charge in [0.2, 0.25) is 0 Å². The van der Waals surface area contributed by atoms with Gasteiger partial charge >= 0.3 is 6.18 Å². The van der Waals surface area contributed by atoms with Gasteiger partial charge in [-0.15, -0.1) is 0 Å². The van der Waals surface area contributed by atoms with E-state index in [0.717, 1.165) is 0 Å². The smallest absolute Gasteiger partial charge is 0.390 e. The first kappa shape index (κ1) is 15.9. The number of nitrogens with zero attached hydrogens (tertiary/aromatic N) is 1. The summed E-state index contributed by atoms with van der Waals surface area (Å²) < 4.78 is 43.8. The molecule has 116 valence electrons. The van der Waals surface area contributed by atoms with E-state index < -0.39 is 29.4 Å². The van der Waals surface area contributed by atoms with Crippen molar-refractivity contribution < 1.29 is 28.1 Å². The van der Waals surface area contributed by atoms with Crippen LogP contribution in [0.4, 0.5) is 13.2 Å². The van der Waals surface area contributed by atoms with E-state index in [9.17, 15) is 23.4 Å². The number of aliphatic hydroxyl groups is 2. The lowest BCUT2D eigenvalue weighted by Gasteiger charge is -2.42. The summed E-state index contributed by atoms with van der Waals surface area (Å²) in [6, 6.07) is -0.305. The number of fused-ring (bicyclic) bond motifs is 1. The second-order valence-corrected chi connectivity index (χ2v) is 6.11. The van der Waals surface area contributed by atoms with Crippen LogP contribution < -0.4 is 5.32 Å². The Kier molecular flexibility index (Phi) is 4.25. The van der Waals surface area contributed by atoms with Gasteiger partial charge in [-0.2, -0.15) is 13.2 Å². The SMILES string of the molecule is CCN=C1N[C@@H]2C[C@H](O)[C@@H]([C@](C)(O)C(F)(F)F)O[C@@H]2S1. The van der Waals surface area contributed by atoms with Crippen molar-refractivity contribution in [3.05, 3.63) is 0 Å². The molecule has 0 amide bonds. The Bertz CT molecular complexity index is 403. The molecular weight excluding hydrogens is 297 g/mol. The Morgan fingerprint density at radius 1 is 1.50 bits per heavy atom. The van der Waals surface area contributed by atoms with E-state index in [1.54, 1.807) is 0 Å². The average Bonchev–Trinajstić information content (AvgIpc) is 2.68. The van der Waals surface area contributed by atoms with Crippen molar-refractivity contribution in [2.45, 2.75) is 55.7 Å². The van der Waals surface area contributed by atoms with Crippen LogP contribution in [-0.2, 0) is 4.74 Å². The number of halogens is 3. The summed E-state index contributed by atoms with van der Waals surface area (Å²) in [6.07, 6.45) is -7.92. The molecule has 0 aromatic heterocycles. The molecule has 0 unspecified atom stereocenters. The number of nitrogens with one attached hydrogen (secondary N) is 1. The molecule has 0 aromatic rings. The standard InChI is InChI=1S/C11H17F3N2O3S/c1-3-15-9-16-5-4-6(17)7(19-8(5)20-9)10(2,18)11(12,13)14/h5-8,17-18H,3-4H2,1-2H3,(H,15,16)/t5-,6+,7+,8-,10+/m1/s1. The lowest BCUT2D eigenvalue weighted by molar-refractivity contribution is -0.309. The van der Waals surface area contributed by atoms with E-state index in [1.807, 2.05) is 6.92 Å². The third kappa shape index (κ3) is 2.76. The van der Waals surface area contributed by atoms with Crippen molar-refractivity contribution in [3.63, 3.8) is 0 Å². The van der Waals surface area contributed by atoms with Gasteiger partial charge in [0.15, 0.2) is 10.8 Å². The average molecular weight is 314 g/mol. The normalized spacial score (nSPS) is 39.2. The van der Waals surface area contributed by atoms with Crippen molar-refractivity contribution in [2.24, 2.45) is 4.99 Å². The van der Waals surface area contributed by atoms with E-state index >= 15 is 0 Å². The fourth-order valence-electron chi connectivity index (χ4n) is 2.26. The number of aliphatic hydroxyl groups excluding tert-OH is 1. The van der Waals surface area contributed by atoms with Crippen LogP contribution in [0.25, 0.3) is 0 Å². The van der Waals surface area contributed by atoms with Gasteiger partial charge < -0.3 is 20.3 Å². The molecule has 2 fully saturated rings. The second-order valence-electron chi connectivity index (χ2n) is 5.02. The van der Waals surface area contributed by atoms with E-state index in [4.69, 9.17) is 4.74 Å². The highest BCUT2D eigenvalue weighted by Crippen LogP contribution is 2.42. The minimum absolute atomic E-state index is 0.0668. The number of thioether (sulfide) groups is 1. The summed E-state index contributed by atoms with van der Waals surface area (Å²) in [5.41, 5.74) is -3.69. The maximum Gasteiger partial charge on any atom is 0.419 e. The number of rotatable bonds is 2. The zero-order valence-electron chi connectivity index (χ0n) is 11.0. The monoisotopic (exact) mass is 314 g/mol. The summed E-state index contributed by atoms with van der Waals surface area (Å²) >= 11 is 1.18. The highest BCUT2D eigenvalue weighted by Gasteiger charge is 2.60. The highest BCUT2D eigenvalue weighted by atomic mass is 32.2. The lowest BCUT2D eigenvalue weighted by Crippen LogP contribution is -2.62. The largest absolute Gasteiger partial charge is 0.419 e. The van der Waals surface area contributed by atoms with Crippen molar-refractivity contribution in [2.75, 3.05) is 6.54 Å². The summed E-state index contributed by atoms with van der Waals surface area (Å²) in [5.74, 6) is 0. The van der Waals surface area contributed by atoms with Crippen LogP contribution in [0.3, 0.4) is 0 Å². The van der Waals surface area contributed by atoms with Crippen molar-refractivity contribution in [3.8, 4) is 0 Å². The molecule has 0 saturated carbocycles. The van der Waals surface area contributed by atoms with Crippen LogP contribution in [0.5, 0.6) is 0 Å². The molecule has 0 bridgehead atoms. The van der Waals surface area contributed by atoms with Gasteiger partial charge in [0.25, 0.3) is 0 Å². The van der Waals surface area contributed by atoms with Crippen LogP contribution in [0.1, 0.15) is 20.3 Å². The number of alkyl halides is 3. The molecule has 3 N–H and O–H groups in total. The van der Waals surface area contributed by atoms with Gasteiger partial charge in [-0.25, -0.2) is 0 Å². The maximum absolute atomic E-state index is 12.8. The predicted molar refractivity (Wildman–Crippen MR) is 68.5 cm³/mol. The fraction of sp³-hybridized carbons (Fsp3) is 0.909. The molecule has 0 aliphatic carbocycles. The molecule has 20 heavy (non-hydrogen) atoms. The third-order valence-electron chi connectivity index (χ3n) is 3.42. The summed E-state index contributed by atoms with van der Waals surface area (Å²) in [5, 5.41) is 23.1. The molecular formula is C11H17F3N2O3S. The van der Waals surface area contributed by atoms with E-state index in [1.165, 1.54) is 11.8 Å². The van der Waals surface area contributed by atoms with Crippen LogP contribution in [-0.4, -0.2) is 57.4 Å². The Labute approximate surface area is 118 Å². The van der Waals surface area contributed by atoms with Crippen LogP contribution in [0.15, 0.2) is 4.99 Å². The lowest BCUT2D eigenvalue weighted by atomic mass is 9.88. The molecule has 2 saturated heterocycles. The summed E-state index contributed by atoms with van der Waals surface area (Å²) in [7, 11) is 0. The Morgan fingerprint density at radius 3 is 2.70 bits per heavy atom. The zero-order valence-corrected chi connectivity index (χ0v) is 11.8. The minimum atomic E-state index is -4.87. The number of ether oxygens (including phenoxy) is 1. The molecule has 0 aromatic carbocycles. The minimum Gasteiger partial charge on any atom is -0.390 e. The number of hydrogen-bond donors (Lipinski definition) is 3. The molecule has 5 atom stereocenters. The first-order valence-electron chi connectivity index (χ1n) is 6.27. The number of aliphatic imine (C=N–C) groups is 1. The van der Waals surface area contributed by atoms with Gasteiger partial charge in [0.05, 0.1) is 12.1 Å². The molecule has 0 spiro atoms.